The molecule has 1 saturated heterocycles. The highest BCUT2D eigenvalue weighted by molar-refractivity contribution is 7.91. The number of hydrogen-bond donors (Lipinski definition) is 1. The highest BCUT2D eigenvalue weighted by atomic mass is 32.2. The predicted octanol–water partition coefficient (Wildman–Crippen LogP) is 1.17. The van der Waals surface area contributed by atoms with Gasteiger partial charge in [0, 0.05) is 6.04 Å². The Morgan fingerprint density at radius 2 is 1.82 bits per heavy atom. The van der Waals surface area contributed by atoms with Crippen molar-refractivity contribution < 1.29 is 21.6 Å². The van der Waals surface area contributed by atoms with Gasteiger partial charge in [0.25, 0.3) is 0 Å². The molecule has 0 unspecified atom stereocenters. The van der Waals surface area contributed by atoms with Crippen molar-refractivity contribution in [1.82, 2.24) is 4.72 Å². The van der Waals surface area contributed by atoms with E-state index in [0.29, 0.717) is 29.7 Å². The van der Waals surface area contributed by atoms with Crippen LogP contribution >= 0.6 is 0 Å². The summed E-state index contributed by atoms with van der Waals surface area (Å²) >= 11 is 0. The molecule has 1 fully saturated rings. The summed E-state index contributed by atoms with van der Waals surface area (Å²) in [6.07, 6.45) is 1.02. The molecule has 0 aromatic heterocycles. The summed E-state index contributed by atoms with van der Waals surface area (Å²) in [7, 11) is -5.41. The molecule has 124 valence electrons. The standard InChI is InChI=1S/C14H21NO5S2/c1-10-7-13(20-3)8-11(2)14(10)22(18,19)15-12-5-4-6-21(16,17)9-12/h7-8,12,15H,4-6,9H2,1-3H3/t12-/m1/s1. The lowest BCUT2D eigenvalue weighted by molar-refractivity contribution is 0.413. The van der Waals surface area contributed by atoms with Gasteiger partial charge in [0.05, 0.1) is 23.5 Å². The fraction of sp³-hybridized carbons (Fsp3) is 0.571. The van der Waals surface area contributed by atoms with E-state index >= 15 is 0 Å². The van der Waals surface area contributed by atoms with E-state index in [1.807, 2.05) is 0 Å². The van der Waals surface area contributed by atoms with Crippen LogP contribution in [0.1, 0.15) is 24.0 Å². The van der Waals surface area contributed by atoms with Crippen LogP contribution in [0.3, 0.4) is 0 Å². The molecular weight excluding hydrogens is 326 g/mol. The monoisotopic (exact) mass is 347 g/mol. The van der Waals surface area contributed by atoms with Gasteiger partial charge in [-0.25, -0.2) is 21.6 Å². The van der Waals surface area contributed by atoms with Crippen molar-refractivity contribution in [2.45, 2.75) is 37.6 Å². The average Bonchev–Trinajstić information content (AvgIpc) is 2.35. The quantitative estimate of drug-likeness (QED) is 0.883. The second-order valence-corrected chi connectivity index (χ2v) is 9.54. The lowest BCUT2D eigenvalue weighted by atomic mass is 10.1. The van der Waals surface area contributed by atoms with E-state index in [1.165, 1.54) is 7.11 Å². The molecule has 1 aromatic carbocycles. The van der Waals surface area contributed by atoms with Crippen molar-refractivity contribution in [2.24, 2.45) is 0 Å². The summed E-state index contributed by atoms with van der Waals surface area (Å²) in [5.74, 6) is 0.584. The van der Waals surface area contributed by atoms with Crippen molar-refractivity contribution in [3.05, 3.63) is 23.3 Å². The zero-order valence-corrected chi connectivity index (χ0v) is 14.6. The van der Waals surface area contributed by atoms with Gasteiger partial charge >= 0.3 is 0 Å². The largest absolute Gasteiger partial charge is 0.497 e. The highest BCUT2D eigenvalue weighted by Crippen LogP contribution is 2.26. The first-order valence-corrected chi connectivity index (χ1v) is 10.3. The van der Waals surface area contributed by atoms with Crippen molar-refractivity contribution in [3.63, 3.8) is 0 Å². The van der Waals surface area contributed by atoms with E-state index in [9.17, 15) is 16.8 Å². The van der Waals surface area contributed by atoms with E-state index in [0.717, 1.165) is 0 Å². The first-order chi connectivity index (χ1) is 10.1. The molecule has 0 spiro atoms. The van der Waals surface area contributed by atoms with Gasteiger partial charge in [0.1, 0.15) is 5.75 Å². The summed E-state index contributed by atoms with van der Waals surface area (Å²) in [6, 6.07) is 2.74. The summed E-state index contributed by atoms with van der Waals surface area (Å²) in [5.41, 5.74) is 1.14. The SMILES string of the molecule is COc1cc(C)c(S(=O)(=O)N[C@@H]2CCCS(=O)(=O)C2)c(C)c1. The minimum atomic E-state index is -3.77. The van der Waals surface area contributed by atoms with Crippen molar-refractivity contribution >= 4 is 19.9 Å². The summed E-state index contributed by atoms with van der Waals surface area (Å²) in [5, 5.41) is 0. The Labute approximate surface area is 131 Å². The molecular formula is C14H21NO5S2. The van der Waals surface area contributed by atoms with E-state index in [4.69, 9.17) is 4.74 Å². The fourth-order valence-corrected chi connectivity index (χ4v) is 6.31. The molecule has 0 radical (unpaired) electrons. The number of benzene rings is 1. The zero-order chi connectivity index (χ0) is 16.5. The fourth-order valence-electron chi connectivity index (χ4n) is 2.85. The molecule has 1 aliphatic rings. The second-order valence-electron chi connectivity index (χ2n) is 5.67. The van der Waals surface area contributed by atoms with E-state index in [2.05, 4.69) is 4.72 Å². The van der Waals surface area contributed by atoms with E-state index < -0.39 is 25.9 Å². The van der Waals surface area contributed by atoms with Gasteiger partial charge in [-0.1, -0.05) is 0 Å². The maximum Gasteiger partial charge on any atom is 0.241 e. The van der Waals surface area contributed by atoms with Crippen LogP contribution in [0.15, 0.2) is 17.0 Å². The number of hydrogen-bond acceptors (Lipinski definition) is 5. The molecule has 1 atom stereocenters. The van der Waals surface area contributed by atoms with Crippen LogP contribution in [0.25, 0.3) is 0 Å². The third kappa shape index (κ3) is 3.80. The summed E-state index contributed by atoms with van der Waals surface area (Å²) < 4.78 is 56.2. The molecule has 1 heterocycles. The molecule has 1 aromatic rings. The topological polar surface area (TPSA) is 89.5 Å². The first-order valence-electron chi connectivity index (χ1n) is 7.02. The predicted molar refractivity (Wildman–Crippen MR) is 84.5 cm³/mol. The van der Waals surface area contributed by atoms with Crippen LogP contribution in [0, 0.1) is 13.8 Å². The number of rotatable bonds is 4. The molecule has 1 aliphatic heterocycles. The molecule has 0 aliphatic carbocycles. The van der Waals surface area contributed by atoms with Crippen LogP contribution in [0.4, 0.5) is 0 Å². The zero-order valence-electron chi connectivity index (χ0n) is 12.9. The van der Waals surface area contributed by atoms with Gasteiger partial charge in [-0.15, -0.1) is 0 Å². The van der Waals surface area contributed by atoms with Gasteiger partial charge < -0.3 is 4.74 Å². The van der Waals surface area contributed by atoms with Crippen LogP contribution in [0.2, 0.25) is 0 Å². The Balaban J connectivity index is 2.31. The minimum Gasteiger partial charge on any atom is -0.497 e. The van der Waals surface area contributed by atoms with Gasteiger partial charge in [0.2, 0.25) is 10.0 Å². The molecule has 0 amide bonds. The minimum absolute atomic E-state index is 0.131. The molecule has 6 nitrogen and oxygen atoms in total. The number of nitrogens with one attached hydrogen (secondary N) is 1. The first kappa shape index (κ1) is 17.2. The highest BCUT2D eigenvalue weighted by Gasteiger charge is 2.30. The second kappa shape index (κ2) is 6.17. The Kier molecular flexibility index (Phi) is 4.84. The Bertz CT molecular complexity index is 745. The summed E-state index contributed by atoms with van der Waals surface area (Å²) in [4.78, 5) is 0.191. The Hall–Kier alpha value is -1.12. The number of aryl methyl sites for hydroxylation is 2. The van der Waals surface area contributed by atoms with Crippen LogP contribution < -0.4 is 9.46 Å². The van der Waals surface area contributed by atoms with Crippen molar-refractivity contribution in [2.75, 3.05) is 18.6 Å². The van der Waals surface area contributed by atoms with Crippen molar-refractivity contribution in [1.29, 1.82) is 0 Å². The van der Waals surface area contributed by atoms with E-state index in [1.54, 1.807) is 26.0 Å². The van der Waals surface area contributed by atoms with Gasteiger partial charge in [-0.2, -0.15) is 0 Å². The Morgan fingerprint density at radius 1 is 1.23 bits per heavy atom. The number of methoxy groups -OCH3 is 1. The third-order valence-corrected chi connectivity index (χ3v) is 7.37. The maximum atomic E-state index is 12.6. The lowest BCUT2D eigenvalue weighted by Gasteiger charge is -2.24. The van der Waals surface area contributed by atoms with Crippen LogP contribution in [0.5, 0.6) is 5.75 Å². The summed E-state index contributed by atoms with van der Waals surface area (Å²) in [6.45, 7) is 3.39. The number of sulfone groups is 1. The maximum absolute atomic E-state index is 12.6. The smallest absolute Gasteiger partial charge is 0.241 e. The molecule has 1 N–H and O–H groups in total. The van der Waals surface area contributed by atoms with E-state index in [-0.39, 0.29) is 16.4 Å². The third-order valence-electron chi connectivity index (χ3n) is 3.72. The molecule has 22 heavy (non-hydrogen) atoms. The molecule has 2 rings (SSSR count). The number of sulfonamides is 1. The lowest BCUT2D eigenvalue weighted by Crippen LogP contribution is -2.43. The van der Waals surface area contributed by atoms with Crippen molar-refractivity contribution in [3.8, 4) is 5.75 Å². The van der Waals surface area contributed by atoms with Gasteiger partial charge in [-0.3, -0.25) is 0 Å². The molecule has 8 heteroatoms. The van der Waals surface area contributed by atoms with Crippen LogP contribution in [-0.2, 0) is 19.9 Å². The average molecular weight is 347 g/mol. The van der Waals surface area contributed by atoms with Gasteiger partial charge in [0.15, 0.2) is 9.84 Å². The number of ether oxygens (including phenoxy) is 1. The normalized spacial score (nSPS) is 21.5. The van der Waals surface area contributed by atoms with Gasteiger partial charge in [-0.05, 0) is 49.9 Å². The van der Waals surface area contributed by atoms with Crippen LogP contribution in [-0.4, -0.2) is 41.5 Å². The molecule has 0 saturated carbocycles. The Morgan fingerprint density at radius 3 is 2.32 bits per heavy atom. The molecule has 0 bridgehead atoms.